The summed E-state index contributed by atoms with van der Waals surface area (Å²) in [7, 11) is -4.41. The highest BCUT2D eigenvalue weighted by molar-refractivity contribution is 7.92. The van der Waals surface area contributed by atoms with Crippen molar-refractivity contribution in [1.82, 2.24) is 0 Å². The van der Waals surface area contributed by atoms with Crippen LogP contribution < -0.4 is 9.62 Å². The molecule has 0 aliphatic rings. The summed E-state index contributed by atoms with van der Waals surface area (Å²) in [6.45, 7) is 2.56. The normalized spacial score (nSPS) is 11.6. The lowest BCUT2D eigenvalue weighted by molar-refractivity contribution is -0.137. The molecule has 36 heavy (non-hydrogen) atoms. The molecule has 0 radical (unpaired) electrons. The van der Waals surface area contributed by atoms with Crippen LogP contribution in [-0.4, -0.2) is 33.4 Å². The second-order valence-electron chi connectivity index (χ2n) is 7.62. The summed E-state index contributed by atoms with van der Waals surface area (Å²) in [5, 5.41) is 2.54. The molecule has 7 nitrogen and oxygen atoms in total. The number of nitrogens with zero attached hydrogens (tertiary/aromatic N) is 1. The molecule has 0 atom stereocenters. The van der Waals surface area contributed by atoms with Gasteiger partial charge in [-0.15, -0.1) is 0 Å². The first-order valence-electron chi connectivity index (χ1n) is 10.8. The van der Waals surface area contributed by atoms with E-state index in [1.165, 1.54) is 48.5 Å². The molecule has 0 aliphatic heterocycles. The second kappa shape index (κ2) is 10.8. The largest absolute Gasteiger partial charge is 0.462 e. The van der Waals surface area contributed by atoms with Gasteiger partial charge in [0.2, 0.25) is 5.91 Å². The molecule has 0 saturated heterocycles. The molecular weight excluding hydrogens is 497 g/mol. The molecule has 0 spiro atoms. The van der Waals surface area contributed by atoms with Gasteiger partial charge in [-0.1, -0.05) is 30.3 Å². The lowest BCUT2D eigenvalue weighted by Gasteiger charge is -2.25. The fourth-order valence-corrected chi connectivity index (χ4v) is 4.83. The standard InChI is InChI=1S/C25H23F3N2O5S/c1-3-35-24(32)21-13-8-14-22(17(21)2)29-23(31)16-30(36(33,34)20-11-5-4-6-12-20)19-10-7-9-18(15-19)25(26,27)28/h4-15H,3,16H2,1-2H3,(H,29,31). The molecule has 1 N–H and O–H groups in total. The van der Waals surface area contributed by atoms with E-state index in [9.17, 15) is 31.2 Å². The van der Waals surface area contributed by atoms with E-state index in [1.54, 1.807) is 19.9 Å². The Morgan fingerprint density at radius 1 is 0.972 bits per heavy atom. The first kappa shape index (κ1) is 26.7. The highest BCUT2D eigenvalue weighted by Gasteiger charge is 2.33. The third-order valence-electron chi connectivity index (χ3n) is 5.18. The van der Waals surface area contributed by atoms with Crippen molar-refractivity contribution in [3.8, 4) is 0 Å². The number of benzene rings is 3. The van der Waals surface area contributed by atoms with Gasteiger partial charge >= 0.3 is 12.1 Å². The molecule has 3 aromatic carbocycles. The number of rotatable bonds is 8. The Kier molecular flexibility index (Phi) is 8.03. The fraction of sp³-hybridized carbons (Fsp3) is 0.200. The molecule has 0 heterocycles. The molecular formula is C25H23F3N2O5S. The van der Waals surface area contributed by atoms with Crippen molar-refractivity contribution in [2.24, 2.45) is 0 Å². The van der Waals surface area contributed by atoms with Gasteiger partial charge in [-0.25, -0.2) is 13.2 Å². The first-order valence-corrected chi connectivity index (χ1v) is 12.2. The number of ether oxygens (including phenoxy) is 1. The van der Waals surface area contributed by atoms with Crippen molar-refractivity contribution < 1.29 is 35.9 Å². The molecule has 0 unspecified atom stereocenters. The number of esters is 1. The van der Waals surface area contributed by atoms with Gasteiger partial charge in [-0.3, -0.25) is 9.10 Å². The molecule has 0 bridgehead atoms. The number of halogens is 3. The summed E-state index contributed by atoms with van der Waals surface area (Å²) >= 11 is 0. The van der Waals surface area contributed by atoms with Gasteiger partial charge in [-0.2, -0.15) is 13.2 Å². The van der Waals surface area contributed by atoms with Crippen molar-refractivity contribution >= 4 is 33.3 Å². The average molecular weight is 521 g/mol. The summed E-state index contributed by atoms with van der Waals surface area (Å²) in [6, 6.07) is 15.3. The third kappa shape index (κ3) is 6.03. The van der Waals surface area contributed by atoms with Crippen LogP contribution in [0.15, 0.2) is 77.7 Å². The Morgan fingerprint density at radius 2 is 1.64 bits per heavy atom. The summed E-state index contributed by atoms with van der Waals surface area (Å²) in [5.41, 5.74) is -0.568. The van der Waals surface area contributed by atoms with Crippen LogP contribution in [-0.2, 0) is 25.7 Å². The highest BCUT2D eigenvalue weighted by atomic mass is 32.2. The van der Waals surface area contributed by atoms with E-state index in [1.807, 2.05) is 0 Å². The summed E-state index contributed by atoms with van der Waals surface area (Å²) in [6.07, 6.45) is -4.72. The van der Waals surface area contributed by atoms with E-state index < -0.39 is 40.2 Å². The molecule has 1 amide bonds. The number of carbonyl (C=O) groups is 2. The van der Waals surface area contributed by atoms with Gasteiger partial charge in [0.15, 0.2) is 0 Å². The van der Waals surface area contributed by atoms with E-state index in [4.69, 9.17) is 4.74 Å². The minimum Gasteiger partial charge on any atom is -0.462 e. The predicted molar refractivity (Wildman–Crippen MR) is 128 cm³/mol. The first-order chi connectivity index (χ1) is 16.9. The number of alkyl halides is 3. The maximum absolute atomic E-state index is 13.4. The summed E-state index contributed by atoms with van der Waals surface area (Å²) in [4.78, 5) is 24.9. The van der Waals surface area contributed by atoms with Crippen LogP contribution in [0.3, 0.4) is 0 Å². The van der Waals surface area contributed by atoms with Gasteiger partial charge in [0.05, 0.1) is 28.3 Å². The van der Waals surface area contributed by atoms with Crippen LogP contribution >= 0.6 is 0 Å². The summed E-state index contributed by atoms with van der Waals surface area (Å²) < 4.78 is 72.3. The molecule has 0 saturated carbocycles. The van der Waals surface area contributed by atoms with E-state index in [-0.39, 0.29) is 28.4 Å². The van der Waals surface area contributed by atoms with Crippen molar-refractivity contribution in [1.29, 1.82) is 0 Å². The minimum atomic E-state index is -4.72. The molecule has 3 rings (SSSR count). The Morgan fingerprint density at radius 3 is 2.28 bits per heavy atom. The van der Waals surface area contributed by atoms with Gasteiger partial charge in [0.25, 0.3) is 10.0 Å². The lowest BCUT2D eigenvalue weighted by atomic mass is 10.1. The van der Waals surface area contributed by atoms with E-state index in [0.29, 0.717) is 15.9 Å². The maximum atomic E-state index is 13.4. The number of sulfonamides is 1. The van der Waals surface area contributed by atoms with Crippen molar-refractivity contribution in [2.75, 3.05) is 22.8 Å². The third-order valence-corrected chi connectivity index (χ3v) is 6.97. The maximum Gasteiger partial charge on any atom is 0.416 e. The van der Waals surface area contributed by atoms with Crippen molar-refractivity contribution in [2.45, 2.75) is 24.9 Å². The Bertz CT molecular complexity index is 1360. The lowest BCUT2D eigenvalue weighted by Crippen LogP contribution is -2.38. The number of anilines is 2. The molecule has 0 aromatic heterocycles. The quantitative estimate of drug-likeness (QED) is 0.421. The topological polar surface area (TPSA) is 92.8 Å². The molecule has 190 valence electrons. The molecule has 3 aromatic rings. The van der Waals surface area contributed by atoms with Crippen molar-refractivity contribution in [3.05, 3.63) is 89.5 Å². The average Bonchev–Trinajstić information content (AvgIpc) is 2.84. The monoisotopic (exact) mass is 520 g/mol. The number of amides is 1. The van der Waals surface area contributed by atoms with Gasteiger partial charge in [0.1, 0.15) is 6.54 Å². The smallest absolute Gasteiger partial charge is 0.416 e. The molecule has 0 aliphatic carbocycles. The van der Waals surface area contributed by atoms with E-state index >= 15 is 0 Å². The van der Waals surface area contributed by atoms with Crippen LogP contribution in [0.4, 0.5) is 24.5 Å². The zero-order valence-corrected chi connectivity index (χ0v) is 20.2. The van der Waals surface area contributed by atoms with Crippen LogP contribution in [0, 0.1) is 6.92 Å². The number of nitrogens with one attached hydrogen (secondary N) is 1. The Labute approximate surface area is 206 Å². The summed E-state index contributed by atoms with van der Waals surface area (Å²) in [5.74, 6) is -1.42. The Hall–Kier alpha value is -3.86. The van der Waals surface area contributed by atoms with Crippen LogP contribution in [0.1, 0.15) is 28.4 Å². The zero-order chi connectivity index (χ0) is 26.5. The van der Waals surface area contributed by atoms with Gasteiger partial charge in [0, 0.05) is 5.69 Å². The van der Waals surface area contributed by atoms with Gasteiger partial charge in [-0.05, 0) is 61.9 Å². The zero-order valence-electron chi connectivity index (χ0n) is 19.4. The molecule has 0 fully saturated rings. The number of hydrogen-bond acceptors (Lipinski definition) is 5. The Balaban J connectivity index is 1.98. The number of carbonyl (C=O) groups excluding carboxylic acids is 2. The highest BCUT2D eigenvalue weighted by Crippen LogP contribution is 2.33. The molecule has 11 heteroatoms. The SMILES string of the molecule is CCOC(=O)c1cccc(NC(=O)CN(c2cccc(C(F)(F)F)c2)S(=O)(=O)c2ccccc2)c1C. The van der Waals surface area contributed by atoms with E-state index in [0.717, 1.165) is 12.1 Å². The fourth-order valence-electron chi connectivity index (χ4n) is 3.39. The van der Waals surface area contributed by atoms with Crippen LogP contribution in [0.5, 0.6) is 0 Å². The van der Waals surface area contributed by atoms with Crippen LogP contribution in [0.25, 0.3) is 0 Å². The minimum absolute atomic E-state index is 0.151. The van der Waals surface area contributed by atoms with E-state index in [2.05, 4.69) is 5.32 Å². The van der Waals surface area contributed by atoms with Gasteiger partial charge < -0.3 is 10.1 Å². The van der Waals surface area contributed by atoms with Crippen molar-refractivity contribution in [3.63, 3.8) is 0 Å². The van der Waals surface area contributed by atoms with Crippen LogP contribution in [0.2, 0.25) is 0 Å². The predicted octanol–water partition coefficient (Wildman–Crippen LogP) is 5.02. The number of hydrogen-bond donors (Lipinski definition) is 1. The second-order valence-corrected chi connectivity index (χ2v) is 9.48.